The zero-order valence-electron chi connectivity index (χ0n) is 23.2. The van der Waals surface area contributed by atoms with Gasteiger partial charge in [0, 0.05) is 29.2 Å². The van der Waals surface area contributed by atoms with Gasteiger partial charge < -0.3 is 16.4 Å². The molecule has 5 N–H and O–H groups in total. The van der Waals surface area contributed by atoms with Crippen LogP contribution in [0, 0.1) is 27.7 Å². The molecule has 1 unspecified atom stereocenters. The number of anilines is 1. The Bertz CT molecular complexity index is 1670. The Morgan fingerprint density at radius 1 is 0.975 bits per heavy atom. The van der Waals surface area contributed by atoms with E-state index < -0.39 is 21.8 Å². The van der Waals surface area contributed by atoms with Crippen LogP contribution in [0.2, 0.25) is 0 Å². The van der Waals surface area contributed by atoms with Crippen LogP contribution in [-0.2, 0) is 14.8 Å². The number of nitrogens with two attached hydrogens (primary N) is 1. The molecule has 1 heterocycles. The number of benzene rings is 3. The first-order valence-corrected chi connectivity index (χ1v) is 14.3. The molecule has 0 fully saturated rings. The minimum absolute atomic E-state index is 0.231. The predicted octanol–water partition coefficient (Wildman–Crippen LogP) is 3.25. The van der Waals surface area contributed by atoms with E-state index >= 15 is 0 Å². The van der Waals surface area contributed by atoms with Crippen LogP contribution in [0.5, 0.6) is 0 Å². The maximum Gasteiger partial charge on any atom is 0.251 e. The van der Waals surface area contributed by atoms with Gasteiger partial charge in [-0.05, 0) is 87.7 Å². The number of aryl methyl sites for hydroxylation is 4. The molecule has 0 spiro atoms. The number of nitrogens with one attached hydrogen (secondary N) is 3. The number of hydrogen-bond donors (Lipinski definition) is 4. The summed E-state index contributed by atoms with van der Waals surface area (Å²) in [4.78, 5) is 23.4. The van der Waals surface area contributed by atoms with Gasteiger partial charge in [0.25, 0.3) is 5.91 Å². The van der Waals surface area contributed by atoms with Crippen molar-refractivity contribution in [3.05, 3.63) is 82.5 Å². The summed E-state index contributed by atoms with van der Waals surface area (Å²) in [6.45, 7) is 9.50. The average molecular weight is 563 g/mol. The van der Waals surface area contributed by atoms with Crippen molar-refractivity contribution in [3.8, 4) is 5.69 Å². The van der Waals surface area contributed by atoms with E-state index in [9.17, 15) is 18.0 Å². The van der Waals surface area contributed by atoms with Gasteiger partial charge in [0.1, 0.15) is 0 Å². The molecule has 0 bridgehead atoms. The lowest BCUT2D eigenvalue weighted by molar-refractivity contribution is -0.117. The van der Waals surface area contributed by atoms with Crippen LogP contribution in [0.4, 0.5) is 5.69 Å². The van der Waals surface area contributed by atoms with Gasteiger partial charge in [0.2, 0.25) is 15.9 Å². The number of rotatable bonds is 10. The molecular weight excluding hydrogens is 528 g/mol. The Hall–Kier alpha value is -4.22. The number of fused-ring (bicyclic) bond motifs is 1. The van der Waals surface area contributed by atoms with Gasteiger partial charge in [-0.1, -0.05) is 17.7 Å². The van der Waals surface area contributed by atoms with E-state index in [1.807, 2.05) is 58.9 Å². The molecule has 210 valence electrons. The molecular formula is C29H34N6O4S. The number of hydrogen-bond acceptors (Lipinski definition) is 6. The van der Waals surface area contributed by atoms with Gasteiger partial charge >= 0.3 is 0 Å². The first kappa shape index (κ1) is 28.8. The van der Waals surface area contributed by atoms with Gasteiger partial charge in [0.05, 0.1) is 28.8 Å². The summed E-state index contributed by atoms with van der Waals surface area (Å²) in [5, 5.41) is 11.3. The van der Waals surface area contributed by atoms with E-state index in [1.54, 1.807) is 35.1 Å². The normalized spacial score (nSPS) is 12.3. The zero-order chi connectivity index (χ0) is 29.2. The van der Waals surface area contributed by atoms with Crippen LogP contribution in [0.3, 0.4) is 0 Å². The van der Waals surface area contributed by atoms with Crippen molar-refractivity contribution in [3.63, 3.8) is 0 Å². The number of primary amides is 1. The second-order valence-corrected chi connectivity index (χ2v) is 11.8. The van der Waals surface area contributed by atoms with Gasteiger partial charge in [0.15, 0.2) is 0 Å². The van der Waals surface area contributed by atoms with Crippen LogP contribution < -0.4 is 21.1 Å². The highest BCUT2D eigenvalue weighted by molar-refractivity contribution is 7.89. The van der Waals surface area contributed by atoms with Crippen LogP contribution in [-0.4, -0.2) is 49.1 Å². The molecule has 10 nitrogen and oxygen atoms in total. The van der Waals surface area contributed by atoms with E-state index in [4.69, 9.17) is 5.73 Å². The maximum atomic E-state index is 13.2. The summed E-state index contributed by atoms with van der Waals surface area (Å²) in [6, 6.07) is 14.2. The number of carbonyl (C=O) groups excluding carboxylic acids is 2. The zero-order valence-corrected chi connectivity index (χ0v) is 24.0. The summed E-state index contributed by atoms with van der Waals surface area (Å²) in [7, 11) is -3.70. The van der Waals surface area contributed by atoms with Crippen molar-refractivity contribution in [2.24, 2.45) is 5.73 Å². The molecule has 4 rings (SSSR count). The van der Waals surface area contributed by atoms with Crippen molar-refractivity contribution < 1.29 is 18.0 Å². The number of aromatic nitrogens is 2. The molecule has 0 saturated heterocycles. The average Bonchev–Trinajstić information content (AvgIpc) is 3.28. The summed E-state index contributed by atoms with van der Waals surface area (Å²) in [5.41, 5.74) is 11.4. The third-order valence-electron chi connectivity index (χ3n) is 6.46. The molecule has 0 saturated carbocycles. The fourth-order valence-corrected chi connectivity index (χ4v) is 6.56. The van der Waals surface area contributed by atoms with Crippen molar-refractivity contribution in [1.82, 2.24) is 19.8 Å². The standard InChI is InChI=1S/C29H34N6O4S/c1-17-10-19(3)28(20(4)11-17)40(38,39)34-21(5)14-31-25-12-18(2)13-26-24(25)15-33-35(26)23-8-6-22(7-9-23)29(37)32-16-27(30)36/h6-13,15,21,31,34H,14,16H2,1-5H3,(H2,30,36)(H,32,37). The Labute approximate surface area is 234 Å². The van der Waals surface area contributed by atoms with E-state index in [0.717, 1.165) is 44.5 Å². The lowest BCUT2D eigenvalue weighted by atomic mass is 10.1. The molecule has 40 heavy (non-hydrogen) atoms. The molecule has 1 atom stereocenters. The fourth-order valence-electron chi connectivity index (χ4n) is 4.86. The van der Waals surface area contributed by atoms with Crippen molar-refractivity contribution in [1.29, 1.82) is 0 Å². The largest absolute Gasteiger partial charge is 0.383 e. The van der Waals surface area contributed by atoms with E-state index in [1.165, 1.54) is 0 Å². The number of sulfonamides is 1. The van der Waals surface area contributed by atoms with Crippen LogP contribution >= 0.6 is 0 Å². The molecule has 0 aliphatic heterocycles. The lowest BCUT2D eigenvalue weighted by Crippen LogP contribution is -2.38. The van der Waals surface area contributed by atoms with Gasteiger partial charge in [-0.25, -0.2) is 17.8 Å². The fraction of sp³-hybridized carbons (Fsp3) is 0.276. The lowest BCUT2D eigenvalue weighted by Gasteiger charge is -2.19. The monoisotopic (exact) mass is 562 g/mol. The summed E-state index contributed by atoms with van der Waals surface area (Å²) in [5.74, 6) is -1.01. The first-order chi connectivity index (χ1) is 18.9. The van der Waals surface area contributed by atoms with Crippen LogP contribution in [0.15, 0.2) is 59.6 Å². The third kappa shape index (κ3) is 6.32. The Kier molecular flexibility index (Phi) is 8.26. The summed E-state index contributed by atoms with van der Waals surface area (Å²) in [6.07, 6.45) is 1.75. The highest BCUT2D eigenvalue weighted by Gasteiger charge is 2.22. The summed E-state index contributed by atoms with van der Waals surface area (Å²) < 4.78 is 30.9. The minimum atomic E-state index is -3.70. The predicted molar refractivity (Wildman–Crippen MR) is 156 cm³/mol. The number of nitrogens with zero attached hydrogens (tertiary/aromatic N) is 2. The first-order valence-electron chi connectivity index (χ1n) is 12.8. The molecule has 3 aromatic carbocycles. The minimum Gasteiger partial charge on any atom is -0.383 e. The Morgan fingerprint density at radius 2 is 1.60 bits per heavy atom. The maximum absolute atomic E-state index is 13.2. The molecule has 0 aliphatic carbocycles. The Balaban J connectivity index is 1.51. The van der Waals surface area contributed by atoms with Crippen molar-refractivity contribution in [2.75, 3.05) is 18.4 Å². The van der Waals surface area contributed by atoms with Crippen LogP contribution in [0.1, 0.15) is 39.5 Å². The highest BCUT2D eigenvalue weighted by Crippen LogP contribution is 2.28. The van der Waals surface area contributed by atoms with E-state index in [2.05, 4.69) is 20.5 Å². The molecule has 2 amide bonds. The number of carbonyl (C=O) groups is 2. The second-order valence-electron chi connectivity index (χ2n) is 10.1. The molecule has 1 aromatic heterocycles. The van der Waals surface area contributed by atoms with Crippen molar-refractivity contribution >= 4 is 38.4 Å². The smallest absolute Gasteiger partial charge is 0.251 e. The topological polar surface area (TPSA) is 148 Å². The van der Waals surface area contributed by atoms with Crippen molar-refractivity contribution in [2.45, 2.75) is 45.6 Å². The summed E-state index contributed by atoms with van der Waals surface area (Å²) >= 11 is 0. The van der Waals surface area contributed by atoms with Crippen LogP contribution in [0.25, 0.3) is 16.6 Å². The molecule has 0 aliphatic rings. The Morgan fingerprint density at radius 3 is 2.23 bits per heavy atom. The third-order valence-corrected chi connectivity index (χ3v) is 8.35. The SMILES string of the molecule is Cc1cc(C)c(S(=O)(=O)NC(C)CNc2cc(C)cc3c2cnn3-c2ccc(C(=O)NCC(N)=O)cc2)c(C)c1. The highest BCUT2D eigenvalue weighted by atomic mass is 32.2. The quantitative estimate of drug-likeness (QED) is 0.233. The molecule has 0 radical (unpaired) electrons. The molecule has 11 heteroatoms. The van der Waals surface area contributed by atoms with E-state index in [0.29, 0.717) is 17.0 Å². The second kappa shape index (κ2) is 11.5. The van der Waals surface area contributed by atoms with Gasteiger partial charge in [-0.2, -0.15) is 5.10 Å². The van der Waals surface area contributed by atoms with Gasteiger partial charge in [-0.3, -0.25) is 9.59 Å². The molecule has 4 aromatic rings. The van der Waals surface area contributed by atoms with Gasteiger partial charge in [-0.15, -0.1) is 0 Å². The number of amides is 2. The van der Waals surface area contributed by atoms with E-state index in [-0.39, 0.29) is 12.6 Å².